The van der Waals surface area contributed by atoms with Gasteiger partial charge >= 0.3 is 0 Å². The van der Waals surface area contributed by atoms with E-state index in [0.29, 0.717) is 10.0 Å². The summed E-state index contributed by atoms with van der Waals surface area (Å²) in [5.74, 6) is 0. The average molecular weight is 279 g/mol. The van der Waals surface area contributed by atoms with Gasteiger partial charge in [-0.05, 0) is 24.6 Å². The lowest BCUT2D eigenvalue weighted by Gasteiger charge is -2.04. The lowest BCUT2D eigenvalue weighted by molar-refractivity contribution is 1.31. The fourth-order valence-corrected chi connectivity index (χ4v) is 1.85. The third-order valence-electron chi connectivity index (χ3n) is 2.52. The lowest BCUT2D eigenvalue weighted by Crippen LogP contribution is -1.93. The zero-order valence-corrected chi connectivity index (χ0v) is 11.3. The van der Waals surface area contributed by atoms with Crippen molar-refractivity contribution in [2.24, 2.45) is 5.10 Å². The highest BCUT2D eigenvalue weighted by Crippen LogP contribution is 2.24. The summed E-state index contributed by atoms with van der Waals surface area (Å²) in [5, 5.41) is 5.19. The van der Waals surface area contributed by atoms with Crippen LogP contribution < -0.4 is 5.43 Å². The highest BCUT2D eigenvalue weighted by Gasteiger charge is 2.01. The number of aryl methyl sites for hydroxylation is 1. The van der Waals surface area contributed by atoms with Crippen molar-refractivity contribution in [3.8, 4) is 0 Å². The van der Waals surface area contributed by atoms with Gasteiger partial charge in [0, 0.05) is 5.56 Å². The third-order valence-corrected chi connectivity index (χ3v) is 3.35. The van der Waals surface area contributed by atoms with Crippen LogP contribution in [-0.4, -0.2) is 6.21 Å². The number of hydrazone groups is 1. The van der Waals surface area contributed by atoms with Gasteiger partial charge in [0.2, 0.25) is 0 Å². The minimum Gasteiger partial charge on any atom is -0.278 e. The zero-order chi connectivity index (χ0) is 13.0. The molecule has 18 heavy (non-hydrogen) atoms. The van der Waals surface area contributed by atoms with Crippen molar-refractivity contribution in [2.75, 3.05) is 5.43 Å². The van der Waals surface area contributed by atoms with Crippen molar-refractivity contribution in [1.82, 2.24) is 0 Å². The molecule has 0 bridgehead atoms. The maximum atomic E-state index is 6.06. The minimum absolute atomic E-state index is 0.509. The standard InChI is InChI=1S/C14H12Cl2N2/c1-10-5-2-3-8-13(10)18-17-9-11-6-4-7-12(15)14(11)16/h2-9,18H,1H3/b17-9-. The maximum absolute atomic E-state index is 6.06. The molecule has 2 rings (SSSR count). The Morgan fingerprint density at radius 3 is 2.61 bits per heavy atom. The summed E-state index contributed by atoms with van der Waals surface area (Å²) in [5.41, 5.74) is 5.85. The third kappa shape index (κ3) is 3.03. The van der Waals surface area contributed by atoms with Gasteiger partial charge in [0.1, 0.15) is 0 Å². The van der Waals surface area contributed by atoms with Gasteiger partial charge in [0.25, 0.3) is 0 Å². The van der Waals surface area contributed by atoms with E-state index < -0.39 is 0 Å². The van der Waals surface area contributed by atoms with Crippen LogP contribution in [0.4, 0.5) is 5.69 Å². The molecule has 2 aromatic rings. The topological polar surface area (TPSA) is 24.4 Å². The second kappa shape index (κ2) is 5.89. The van der Waals surface area contributed by atoms with E-state index in [2.05, 4.69) is 10.5 Å². The molecule has 1 N–H and O–H groups in total. The maximum Gasteiger partial charge on any atom is 0.0680 e. The summed E-state index contributed by atoms with van der Waals surface area (Å²) in [6.45, 7) is 2.02. The molecule has 0 saturated carbocycles. The van der Waals surface area contributed by atoms with Crippen LogP contribution in [0.5, 0.6) is 0 Å². The Hall–Kier alpha value is -1.51. The quantitative estimate of drug-likeness (QED) is 0.636. The summed E-state index contributed by atoms with van der Waals surface area (Å²) in [6, 6.07) is 13.4. The number of nitrogens with zero attached hydrogens (tertiary/aromatic N) is 1. The molecule has 0 aliphatic carbocycles. The number of rotatable bonds is 3. The van der Waals surface area contributed by atoms with Crippen LogP contribution in [0.1, 0.15) is 11.1 Å². The van der Waals surface area contributed by atoms with Crippen LogP contribution in [0.2, 0.25) is 10.0 Å². The van der Waals surface area contributed by atoms with Gasteiger partial charge in [-0.15, -0.1) is 0 Å². The Kier molecular flexibility index (Phi) is 4.24. The summed E-state index contributed by atoms with van der Waals surface area (Å²) in [4.78, 5) is 0. The Bertz CT molecular complexity index is 580. The van der Waals surface area contributed by atoms with Gasteiger partial charge < -0.3 is 0 Å². The summed E-state index contributed by atoms with van der Waals surface area (Å²) < 4.78 is 0. The molecule has 92 valence electrons. The van der Waals surface area contributed by atoms with E-state index >= 15 is 0 Å². The lowest BCUT2D eigenvalue weighted by atomic mass is 10.2. The van der Waals surface area contributed by atoms with E-state index in [0.717, 1.165) is 16.8 Å². The van der Waals surface area contributed by atoms with Crippen LogP contribution in [0.15, 0.2) is 47.6 Å². The van der Waals surface area contributed by atoms with Crippen molar-refractivity contribution in [3.05, 3.63) is 63.6 Å². The molecule has 0 fully saturated rings. The monoisotopic (exact) mass is 278 g/mol. The smallest absolute Gasteiger partial charge is 0.0680 e. The molecular weight excluding hydrogens is 267 g/mol. The van der Waals surface area contributed by atoms with Crippen LogP contribution in [0.3, 0.4) is 0 Å². The highest BCUT2D eigenvalue weighted by molar-refractivity contribution is 6.43. The average Bonchev–Trinajstić information content (AvgIpc) is 2.37. The molecule has 0 amide bonds. The van der Waals surface area contributed by atoms with Crippen molar-refractivity contribution >= 4 is 35.1 Å². The summed E-state index contributed by atoms with van der Waals surface area (Å²) in [7, 11) is 0. The Morgan fingerprint density at radius 1 is 1.06 bits per heavy atom. The van der Waals surface area contributed by atoms with E-state index in [-0.39, 0.29) is 0 Å². The van der Waals surface area contributed by atoms with Gasteiger partial charge in [-0.2, -0.15) is 5.10 Å². The number of benzene rings is 2. The minimum atomic E-state index is 0.509. The first-order valence-corrected chi connectivity index (χ1v) is 6.23. The molecule has 2 nitrogen and oxygen atoms in total. The molecule has 0 heterocycles. The number of hydrogen-bond acceptors (Lipinski definition) is 2. The molecular formula is C14H12Cl2N2. The second-order valence-corrected chi connectivity index (χ2v) is 4.61. The van der Waals surface area contributed by atoms with Crippen molar-refractivity contribution < 1.29 is 0 Å². The molecule has 0 saturated heterocycles. The second-order valence-electron chi connectivity index (χ2n) is 3.83. The van der Waals surface area contributed by atoms with Gasteiger partial charge in [-0.1, -0.05) is 53.5 Å². The number of nitrogens with one attached hydrogen (secondary N) is 1. The van der Waals surface area contributed by atoms with Crippen LogP contribution >= 0.6 is 23.2 Å². The molecule has 0 spiro atoms. The van der Waals surface area contributed by atoms with E-state index in [4.69, 9.17) is 23.2 Å². The predicted octanol–water partition coefficient (Wildman–Crippen LogP) is 4.75. The Labute approximate surface area is 116 Å². The highest BCUT2D eigenvalue weighted by atomic mass is 35.5. The normalized spacial score (nSPS) is 10.8. The van der Waals surface area contributed by atoms with Crippen LogP contribution in [0.25, 0.3) is 0 Å². The van der Waals surface area contributed by atoms with Gasteiger partial charge in [-0.3, -0.25) is 5.43 Å². The van der Waals surface area contributed by atoms with E-state index in [9.17, 15) is 0 Å². The largest absolute Gasteiger partial charge is 0.278 e. The number of hydrogen-bond donors (Lipinski definition) is 1. The number of anilines is 1. The molecule has 0 atom stereocenters. The van der Waals surface area contributed by atoms with Gasteiger partial charge in [0.05, 0.1) is 21.9 Å². The molecule has 0 aliphatic heterocycles. The first kappa shape index (κ1) is 12.9. The zero-order valence-electron chi connectivity index (χ0n) is 9.82. The van der Waals surface area contributed by atoms with E-state index in [1.807, 2.05) is 43.3 Å². The Morgan fingerprint density at radius 2 is 1.83 bits per heavy atom. The van der Waals surface area contributed by atoms with Crippen LogP contribution in [-0.2, 0) is 0 Å². The first-order valence-electron chi connectivity index (χ1n) is 5.47. The number of halogens is 2. The number of para-hydroxylation sites is 1. The van der Waals surface area contributed by atoms with Crippen molar-refractivity contribution in [2.45, 2.75) is 6.92 Å². The van der Waals surface area contributed by atoms with E-state index in [1.54, 1.807) is 12.3 Å². The first-order chi connectivity index (χ1) is 8.68. The summed E-state index contributed by atoms with van der Waals surface area (Å²) in [6.07, 6.45) is 1.65. The molecule has 2 aromatic carbocycles. The Balaban J connectivity index is 2.13. The van der Waals surface area contributed by atoms with Gasteiger partial charge in [0.15, 0.2) is 0 Å². The fourth-order valence-electron chi connectivity index (χ4n) is 1.49. The van der Waals surface area contributed by atoms with E-state index in [1.165, 1.54) is 0 Å². The van der Waals surface area contributed by atoms with Gasteiger partial charge in [-0.25, -0.2) is 0 Å². The SMILES string of the molecule is Cc1ccccc1N/N=C\c1cccc(Cl)c1Cl. The van der Waals surface area contributed by atoms with Crippen molar-refractivity contribution in [1.29, 1.82) is 0 Å². The molecule has 0 unspecified atom stereocenters. The predicted molar refractivity (Wildman–Crippen MR) is 78.9 cm³/mol. The molecule has 0 radical (unpaired) electrons. The molecule has 0 aliphatic rings. The van der Waals surface area contributed by atoms with Crippen LogP contribution in [0, 0.1) is 6.92 Å². The summed E-state index contributed by atoms with van der Waals surface area (Å²) >= 11 is 12.0. The van der Waals surface area contributed by atoms with Crippen molar-refractivity contribution in [3.63, 3.8) is 0 Å². The molecule has 4 heteroatoms. The fraction of sp³-hybridized carbons (Fsp3) is 0.0714. The molecule has 0 aromatic heterocycles.